The number of aromatic nitrogens is 3. The maximum Gasteiger partial charge on any atom is 0.271 e. The molecule has 3 aromatic rings. The first-order chi connectivity index (χ1) is 14.5. The molecule has 0 aromatic carbocycles. The number of thiazole rings is 1. The van der Waals surface area contributed by atoms with Crippen LogP contribution in [-0.2, 0) is 7.05 Å². The first kappa shape index (κ1) is 19.8. The number of hydrogen-bond donors (Lipinski definition) is 0. The summed E-state index contributed by atoms with van der Waals surface area (Å²) < 4.78 is 2.70. The highest BCUT2D eigenvalue weighted by Crippen LogP contribution is 2.39. The minimum Gasteiger partial charge on any atom is -0.368 e. The number of anilines is 2. The number of nitrogens with zero attached hydrogens (tertiary/aromatic N) is 6. The Kier molecular flexibility index (Phi) is 4.94. The van der Waals surface area contributed by atoms with Gasteiger partial charge in [0.2, 0.25) is 0 Å². The molecular formula is C21H21IN6OS. The monoisotopic (exact) mass is 532 g/mol. The summed E-state index contributed by atoms with van der Waals surface area (Å²) in [6, 6.07) is 6.82. The first-order valence-corrected chi connectivity index (χ1v) is 11.9. The third-order valence-electron chi connectivity index (χ3n) is 6.27. The number of aryl methyl sites for hydroxylation is 2. The van der Waals surface area contributed by atoms with Gasteiger partial charge >= 0.3 is 0 Å². The van der Waals surface area contributed by atoms with Crippen LogP contribution in [0.2, 0.25) is 0 Å². The molecule has 30 heavy (non-hydrogen) atoms. The number of piperidine rings is 1. The molecule has 2 atom stereocenters. The standard InChI is InChI=1S/C21H21IN6OS/c1-12-25-18-19(15(9-23)20(29)26(2)21(18)30-12)27-7-6-16-13(11-27)5-8-28(16)17-4-3-14(22)10-24-17/h3-4,10,13,16H,5-8,11H2,1-2H3/t13-,16+/m1/s1. The minimum atomic E-state index is -0.234. The lowest BCUT2D eigenvalue weighted by atomic mass is 9.92. The predicted octanol–water partition coefficient (Wildman–Crippen LogP) is 3.28. The summed E-state index contributed by atoms with van der Waals surface area (Å²) in [5, 5.41) is 10.7. The van der Waals surface area contributed by atoms with Crippen LogP contribution in [0.4, 0.5) is 11.5 Å². The van der Waals surface area contributed by atoms with Crippen LogP contribution >= 0.6 is 33.9 Å². The molecule has 0 unspecified atom stereocenters. The predicted molar refractivity (Wildman–Crippen MR) is 127 cm³/mol. The van der Waals surface area contributed by atoms with Gasteiger partial charge < -0.3 is 14.4 Å². The van der Waals surface area contributed by atoms with Crippen molar-refractivity contribution in [3.8, 4) is 6.07 Å². The average molecular weight is 532 g/mol. The van der Waals surface area contributed by atoms with E-state index in [0.29, 0.717) is 12.0 Å². The molecule has 0 bridgehead atoms. The third kappa shape index (κ3) is 3.08. The van der Waals surface area contributed by atoms with E-state index < -0.39 is 0 Å². The molecule has 0 aliphatic carbocycles. The lowest BCUT2D eigenvalue weighted by Crippen LogP contribution is -2.47. The van der Waals surface area contributed by atoms with E-state index in [1.165, 1.54) is 11.3 Å². The summed E-state index contributed by atoms with van der Waals surface area (Å²) in [5.74, 6) is 1.52. The van der Waals surface area contributed by atoms with Crippen molar-refractivity contribution in [2.45, 2.75) is 25.8 Å². The summed E-state index contributed by atoms with van der Waals surface area (Å²) in [6.45, 7) is 4.57. The molecule has 2 aliphatic rings. The van der Waals surface area contributed by atoms with Gasteiger partial charge in [-0.05, 0) is 60.4 Å². The van der Waals surface area contributed by atoms with Gasteiger partial charge in [0.1, 0.15) is 27.8 Å². The fraction of sp³-hybridized carbons (Fsp3) is 0.429. The van der Waals surface area contributed by atoms with Crippen LogP contribution in [0.15, 0.2) is 23.1 Å². The summed E-state index contributed by atoms with van der Waals surface area (Å²) >= 11 is 3.79. The van der Waals surface area contributed by atoms with E-state index in [4.69, 9.17) is 4.98 Å². The number of pyridine rings is 2. The zero-order valence-electron chi connectivity index (χ0n) is 16.8. The molecule has 0 N–H and O–H groups in total. The highest BCUT2D eigenvalue weighted by Gasteiger charge is 2.40. The van der Waals surface area contributed by atoms with Crippen molar-refractivity contribution in [1.82, 2.24) is 14.5 Å². The molecule has 5 rings (SSSR count). The normalized spacial score (nSPS) is 21.1. The van der Waals surface area contributed by atoms with Crippen molar-refractivity contribution in [3.63, 3.8) is 0 Å². The SMILES string of the molecule is Cc1nc2c(N3CC[C@H]4[C@H](CCN4c4ccc(I)cn4)C3)c(C#N)c(=O)n(C)c2s1. The van der Waals surface area contributed by atoms with Crippen molar-refractivity contribution in [2.75, 3.05) is 29.4 Å². The van der Waals surface area contributed by atoms with Gasteiger partial charge in [-0.15, -0.1) is 11.3 Å². The molecule has 0 spiro atoms. The zero-order valence-corrected chi connectivity index (χ0v) is 19.8. The Morgan fingerprint density at radius 3 is 2.87 bits per heavy atom. The van der Waals surface area contributed by atoms with E-state index in [1.54, 1.807) is 11.6 Å². The molecule has 7 nitrogen and oxygen atoms in total. The van der Waals surface area contributed by atoms with Gasteiger partial charge in [-0.25, -0.2) is 9.97 Å². The van der Waals surface area contributed by atoms with Crippen molar-refractivity contribution >= 4 is 55.8 Å². The van der Waals surface area contributed by atoms with Crippen molar-refractivity contribution < 1.29 is 0 Å². The Bertz CT molecular complexity index is 1230. The number of fused-ring (bicyclic) bond motifs is 2. The second kappa shape index (κ2) is 7.50. The summed E-state index contributed by atoms with van der Waals surface area (Å²) in [5.41, 5.74) is 1.48. The Morgan fingerprint density at radius 1 is 1.30 bits per heavy atom. The maximum atomic E-state index is 12.9. The van der Waals surface area contributed by atoms with Crippen LogP contribution in [0, 0.1) is 27.7 Å². The van der Waals surface area contributed by atoms with E-state index in [0.717, 1.165) is 62.9 Å². The topological polar surface area (TPSA) is 78.1 Å². The second-order valence-electron chi connectivity index (χ2n) is 7.97. The maximum absolute atomic E-state index is 12.9. The lowest BCUT2D eigenvalue weighted by molar-refractivity contribution is 0.395. The highest BCUT2D eigenvalue weighted by atomic mass is 127. The van der Waals surface area contributed by atoms with E-state index in [-0.39, 0.29) is 11.1 Å². The summed E-state index contributed by atoms with van der Waals surface area (Å²) in [6.07, 6.45) is 3.97. The van der Waals surface area contributed by atoms with Crippen LogP contribution in [0.5, 0.6) is 0 Å². The lowest BCUT2D eigenvalue weighted by Gasteiger charge is -2.39. The molecule has 3 aromatic heterocycles. The zero-order chi connectivity index (χ0) is 21.0. The largest absolute Gasteiger partial charge is 0.368 e. The van der Waals surface area contributed by atoms with Gasteiger partial charge in [0.25, 0.3) is 5.56 Å². The van der Waals surface area contributed by atoms with Gasteiger partial charge in [0.15, 0.2) is 0 Å². The minimum absolute atomic E-state index is 0.211. The Morgan fingerprint density at radius 2 is 2.13 bits per heavy atom. The fourth-order valence-electron chi connectivity index (χ4n) is 4.90. The van der Waals surface area contributed by atoms with E-state index in [2.05, 4.69) is 55.6 Å². The van der Waals surface area contributed by atoms with Gasteiger partial charge in [-0.1, -0.05) is 0 Å². The molecule has 2 aliphatic heterocycles. The second-order valence-corrected chi connectivity index (χ2v) is 10.4. The van der Waals surface area contributed by atoms with E-state index in [9.17, 15) is 10.1 Å². The number of rotatable bonds is 2. The van der Waals surface area contributed by atoms with Crippen molar-refractivity contribution in [1.29, 1.82) is 5.26 Å². The van der Waals surface area contributed by atoms with E-state index in [1.807, 2.05) is 13.1 Å². The summed E-state index contributed by atoms with van der Waals surface area (Å²) in [7, 11) is 1.72. The molecule has 9 heteroatoms. The fourth-order valence-corrected chi connectivity index (χ4v) is 6.09. The molecule has 5 heterocycles. The van der Waals surface area contributed by atoms with Gasteiger partial charge in [-0.3, -0.25) is 4.79 Å². The number of halogens is 1. The van der Waals surface area contributed by atoms with Crippen LogP contribution in [0.25, 0.3) is 10.3 Å². The van der Waals surface area contributed by atoms with Crippen molar-refractivity contribution in [2.24, 2.45) is 13.0 Å². The van der Waals surface area contributed by atoms with Gasteiger partial charge in [0, 0.05) is 42.5 Å². The van der Waals surface area contributed by atoms with Crippen LogP contribution < -0.4 is 15.4 Å². The van der Waals surface area contributed by atoms with Gasteiger partial charge in [-0.2, -0.15) is 5.26 Å². The van der Waals surface area contributed by atoms with Gasteiger partial charge in [0.05, 0.1) is 10.7 Å². The Labute approximate surface area is 192 Å². The quantitative estimate of drug-likeness (QED) is 0.472. The average Bonchev–Trinajstić information content (AvgIpc) is 3.34. The van der Waals surface area contributed by atoms with Crippen LogP contribution in [0.1, 0.15) is 23.4 Å². The summed E-state index contributed by atoms with van der Waals surface area (Å²) in [4.78, 5) is 27.7. The molecule has 2 fully saturated rings. The smallest absolute Gasteiger partial charge is 0.271 e. The van der Waals surface area contributed by atoms with Crippen LogP contribution in [-0.4, -0.2) is 40.2 Å². The third-order valence-corrected chi connectivity index (χ3v) is 7.95. The molecule has 2 saturated heterocycles. The Hall–Kier alpha value is -2.19. The number of nitriles is 1. The first-order valence-electron chi connectivity index (χ1n) is 10.0. The molecular weight excluding hydrogens is 511 g/mol. The van der Waals surface area contributed by atoms with Crippen LogP contribution in [0.3, 0.4) is 0 Å². The van der Waals surface area contributed by atoms with E-state index >= 15 is 0 Å². The molecule has 154 valence electrons. The number of hydrogen-bond acceptors (Lipinski definition) is 7. The molecule has 0 saturated carbocycles. The Balaban J connectivity index is 1.50. The highest BCUT2D eigenvalue weighted by molar-refractivity contribution is 14.1. The van der Waals surface area contributed by atoms with Crippen molar-refractivity contribution in [3.05, 3.63) is 42.8 Å². The molecule has 0 radical (unpaired) electrons. The molecule has 0 amide bonds.